The lowest BCUT2D eigenvalue weighted by molar-refractivity contribution is -0.126. The Morgan fingerprint density at radius 2 is 1.81 bits per heavy atom. The molecule has 8 nitrogen and oxygen atoms in total. The number of piperidine rings is 1. The molecule has 0 radical (unpaired) electrons. The van der Waals surface area contributed by atoms with Gasteiger partial charge in [0.25, 0.3) is 5.91 Å². The second-order valence-electron chi connectivity index (χ2n) is 8.29. The molecule has 1 aromatic carbocycles. The van der Waals surface area contributed by atoms with Crippen LogP contribution in [0.1, 0.15) is 41.7 Å². The summed E-state index contributed by atoms with van der Waals surface area (Å²) >= 11 is 5.88. The number of likely N-dealkylation sites (tertiary alicyclic amines) is 1. The number of carbonyl (C=O) groups excluding carboxylic acids is 2. The summed E-state index contributed by atoms with van der Waals surface area (Å²) in [6, 6.07) is 8.61. The Morgan fingerprint density at radius 3 is 2.53 bits per heavy atom. The maximum Gasteiger partial charge on any atom is 0.270 e. The quantitative estimate of drug-likeness (QED) is 0.666. The molecule has 1 aromatic heterocycles. The van der Waals surface area contributed by atoms with Crippen molar-refractivity contribution < 1.29 is 18.0 Å². The van der Waals surface area contributed by atoms with Crippen LogP contribution in [0.4, 0.5) is 0 Å². The van der Waals surface area contributed by atoms with Crippen LogP contribution in [-0.2, 0) is 21.4 Å². The molecule has 4 rings (SSSR count). The van der Waals surface area contributed by atoms with Crippen LogP contribution in [0.15, 0.2) is 41.4 Å². The van der Waals surface area contributed by atoms with E-state index in [1.54, 1.807) is 17.0 Å². The predicted molar refractivity (Wildman–Crippen MR) is 121 cm³/mol. The number of hydrogen-bond acceptors (Lipinski definition) is 4. The van der Waals surface area contributed by atoms with Gasteiger partial charge in [-0.15, -0.1) is 0 Å². The Hall–Kier alpha value is -2.36. The van der Waals surface area contributed by atoms with E-state index in [0.717, 1.165) is 18.4 Å². The summed E-state index contributed by atoms with van der Waals surface area (Å²) in [7, 11) is -3.80. The Bertz CT molecular complexity index is 1080. The van der Waals surface area contributed by atoms with Crippen LogP contribution in [0.3, 0.4) is 0 Å². The third kappa shape index (κ3) is 5.00. The zero-order valence-corrected chi connectivity index (χ0v) is 19.3. The second-order valence-corrected chi connectivity index (χ2v) is 10.7. The molecule has 2 saturated heterocycles. The first-order valence-electron chi connectivity index (χ1n) is 10.8. The fourth-order valence-electron chi connectivity index (χ4n) is 4.20. The van der Waals surface area contributed by atoms with E-state index in [4.69, 9.17) is 11.6 Å². The molecule has 2 aliphatic rings. The minimum absolute atomic E-state index is 0.0577. The van der Waals surface area contributed by atoms with Crippen molar-refractivity contribution in [3.8, 4) is 0 Å². The highest BCUT2D eigenvalue weighted by Crippen LogP contribution is 2.25. The van der Waals surface area contributed by atoms with Crippen LogP contribution in [0.25, 0.3) is 0 Å². The van der Waals surface area contributed by atoms with E-state index in [1.165, 1.54) is 16.6 Å². The number of nitrogens with one attached hydrogen (secondary N) is 2. The van der Waals surface area contributed by atoms with Gasteiger partial charge < -0.3 is 15.2 Å². The van der Waals surface area contributed by atoms with E-state index in [0.29, 0.717) is 44.0 Å². The predicted octanol–water partition coefficient (Wildman–Crippen LogP) is 2.62. The maximum absolute atomic E-state index is 13.2. The number of rotatable bonds is 6. The lowest BCUT2D eigenvalue weighted by Crippen LogP contribution is -2.45. The lowest BCUT2D eigenvalue weighted by Gasteiger charge is -2.31. The van der Waals surface area contributed by atoms with E-state index in [2.05, 4.69) is 10.3 Å². The zero-order chi connectivity index (χ0) is 22.7. The molecule has 0 spiro atoms. The number of carbonyl (C=O) groups is 2. The van der Waals surface area contributed by atoms with Gasteiger partial charge in [0.15, 0.2) is 0 Å². The molecule has 1 unspecified atom stereocenters. The summed E-state index contributed by atoms with van der Waals surface area (Å²) in [6.07, 6.45) is 4.52. The number of sulfonamides is 1. The molecule has 32 heavy (non-hydrogen) atoms. The van der Waals surface area contributed by atoms with E-state index in [1.807, 2.05) is 12.1 Å². The van der Waals surface area contributed by atoms with Crippen molar-refractivity contribution in [1.82, 2.24) is 19.5 Å². The van der Waals surface area contributed by atoms with Gasteiger partial charge in [-0.25, -0.2) is 8.42 Å². The number of amides is 2. The Kier molecular flexibility index (Phi) is 6.88. The highest BCUT2D eigenvalue weighted by Gasteiger charge is 2.34. The molecule has 10 heteroatoms. The molecule has 2 amide bonds. The molecule has 2 fully saturated rings. The molecule has 0 aliphatic carbocycles. The lowest BCUT2D eigenvalue weighted by atomic mass is 9.99. The highest BCUT2D eigenvalue weighted by molar-refractivity contribution is 7.89. The maximum atomic E-state index is 13.2. The van der Waals surface area contributed by atoms with Crippen molar-refractivity contribution in [2.45, 2.75) is 37.1 Å². The summed E-state index contributed by atoms with van der Waals surface area (Å²) < 4.78 is 27.7. The van der Waals surface area contributed by atoms with Gasteiger partial charge in [-0.05, 0) is 49.4 Å². The van der Waals surface area contributed by atoms with E-state index < -0.39 is 15.9 Å². The van der Waals surface area contributed by atoms with Gasteiger partial charge in [-0.3, -0.25) is 9.59 Å². The molecule has 0 bridgehead atoms. The average molecular weight is 479 g/mol. The third-order valence-electron chi connectivity index (χ3n) is 6.05. The first-order chi connectivity index (χ1) is 15.3. The fourth-order valence-corrected chi connectivity index (χ4v) is 5.84. The van der Waals surface area contributed by atoms with Crippen LogP contribution in [0.5, 0.6) is 0 Å². The molecular formula is C22H27ClN4O4S. The molecule has 1 atom stereocenters. The van der Waals surface area contributed by atoms with E-state index >= 15 is 0 Å². The van der Waals surface area contributed by atoms with Crippen LogP contribution in [0, 0.1) is 5.92 Å². The largest absolute Gasteiger partial charge is 0.356 e. The zero-order valence-electron chi connectivity index (χ0n) is 17.7. The van der Waals surface area contributed by atoms with Crippen molar-refractivity contribution in [2.24, 2.45) is 5.92 Å². The number of benzene rings is 1. The summed E-state index contributed by atoms with van der Waals surface area (Å²) in [6.45, 7) is 2.22. The third-order valence-corrected chi connectivity index (χ3v) is 8.15. The minimum atomic E-state index is -3.80. The fraction of sp³-hybridized carbons (Fsp3) is 0.455. The van der Waals surface area contributed by atoms with Crippen LogP contribution in [-0.4, -0.2) is 60.6 Å². The highest BCUT2D eigenvalue weighted by atomic mass is 35.5. The van der Waals surface area contributed by atoms with Gasteiger partial charge in [-0.1, -0.05) is 23.7 Å². The molecule has 0 saturated carbocycles. The minimum Gasteiger partial charge on any atom is -0.356 e. The standard InChI is InChI=1S/C22H27ClN4O4S/c23-18-7-5-16(6-8-18)13-25-21(28)17-4-3-11-27(15-17)32(30,31)19-12-20(24-14-19)22(29)26-9-1-2-10-26/h5-8,12,14,17,24H,1-4,9-11,13,15H2,(H,25,28). The van der Waals surface area contributed by atoms with Crippen molar-refractivity contribution in [3.05, 3.63) is 52.8 Å². The number of H-pyrrole nitrogens is 1. The monoisotopic (exact) mass is 478 g/mol. The first-order valence-corrected chi connectivity index (χ1v) is 12.7. The first kappa shape index (κ1) is 22.8. The van der Waals surface area contributed by atoms with Gasteiger partial charge in [0.1, 0.15) is 10.6 Å². The van der Waals surface area contributed by atoms with Crippen molar-refractivity contribution in [2.75, 3.05) is 26.2 Å². The average Bonchev–Trinajstić information content (AvgIpc) is 3.51. The number of aromatic nitrogens is 1. The molecule has 172 valence electrons. The molecular weight excluding hydrogens is 452 g/mol. The summed E-state index contributed by atoms with van der Waals surface area (Å²) in [5.41, 5.74) is 1.20. The molecule has 2 aliphatic heterocycles. The van der Waals surface area contributed by atoms with Crippen molar-refractivity contribution in [1.29, 1.82) is 0 Å². The topological polar surface area (TPSA) is 103 Å². The van der Waals surface area contributed by atoms with Crippen LogP contribution in [0.2, 0.25) is 5.02 Å². The number of hydrogen-bond donors (Lipinski definition) is 2. The van der Waals surface area contributed by atoms with Crippen molar-refractivity contribution >= 4 is 33.4 Å². The van der Waals surface area contributed by atoms with Gasteiger partial charge >= 0.3 is 0 Å². The van der Waals surface area contributed by atoms with Crippen molar-refractivity contribution in [3.63, 3.8) is 0 Å². The number of halogens is 1. The summed E-state index contributed by atoms with van der Waals surface area (Å²) in [4.78, 5) is 29.8. The Morgan fingerprint density at radius 1 is 1.09 bits per heavy atom. The molecule has 2 aromatic rings. The van der Waals surface area contributed by atoms with Crippen LogP contribution < -0.4 is 5.32 Å². The Balaban J connectivity index is 1.39. The SMILES string of the molecule is O=C(NCc1ccc(Cl)cc1)C1CCCN(S(=O)(=O)c2c[nH]c(C(=O)N3CCCC3)c2)C1. The van der Waals surface area contributed by atoms with Crippen LogP contribution >= 0.6 is 11.6 Å². The van der Waals surface area contributed by atoms with Gasteiger partial charge in [-0.2, -0.15) is 4.31 Å². The Labute approximate surface area is 193 Å². The second kappa shape index (κ2) is 9.64. The number of aromatic amines is 1. The number of nitrogens with zero attached hydrogens (tertiary/aromatic N) is 2. The normalized spacial score (nSPS) is 19.8. The van der Waals surface area contributed by atoms with E-state index in [-0.39, 0.29) is 28.9 Å². The smallest absolute Gasteiger partial charge is 0.270 e. The van der Waals surface area contributed by atoms with Gasteiger partial charge in [0, 0.05) is 43.9 Å². The summed E-state index contributed by atoms with van der Waals surface area (Å²) in [5.74, 6) is -0.767. The summed E-state index contributed by atoms with van der Waals surface area (Å²) in [5, 5.41) is 3.52. The van der Waals surface area contributed by atoms with Gasteiger partial charge in [0.05, 0.1) is 5.92 Å². The van der Waals surface area contributed by atoms with E-state index in [9.17, 15) is 18.0 Å². The van der Waals surface area contributed by atoms with Gasteiger partial charge in [0.2, 0.25) is 15.9 Å². The molecule has 2 N–H and O–H groups in total. The molecule has 3 heterocycles.